The molecule has 0 aliphatic heterocycles. The van der Waals surface area contributed by atoms with Gasteiger partial charge in [0.05, 0.1) is 28.0 Å². The zero-order valence-electron chi connectivity index (χ0n) is 13.5. The highest BCUT2D eigenvalue weighted by atomic mass is 79.9. The number of carbonyl (C=O) groups is 1. The second-order valence-corrected chi connectivity index (χ2v) is 6.42. The predicted molar refractivity (Wildman–Crippen MR) is 100 cm³/mol. The summed E-state index contributed by atoms with van der Waals surface area (Å²) < 4.78 is 21.0. The molecule has 0 spiro atoms. The van der Waals surface area contributed by atoms with Crippen molar-refractivity contribution in [2.75, 3.05) is 6.61 Å². The van der Waals surface area contributed by atoms with Crippen molar-refractivity contribution in [2.45, 2.75) is 25.7 Å². The maximum Gasteiger partial charge on any atom is 0.344 e. The van der Waals surface area contributed by atoms with Crippen LogP contribution in [0.4, 0.5) is 4.39 Å². The number of aromatic nitrogens is 1. The van der Waals surface area contributed by atoms with E-state index in [9.17, 15) is 14.0 Å². The fourth-order valence-electron chi connectivity index (χ4n) is 2.55. The lowest BCUT2D eigenvalue weighted by Gasteiger charge is -2.20. The highest BCUT2D eigenvalue weighted by molar-refractivity contribution is 9.08. The second kappa shape index (κ2) is 8.34. The van der Waals surface area contributed by atoms with Crippen LogP contribution in [0.5, 0.6) is 0 Å². The van der Waals surface area contributed by atoms with Crippen molar-refractivity contribution < 1.29 is 13.9 Å². The van der Waals surface area contributed by atoms with Crippen molar-refractivity contribution in [1.29, 1.82) is 0 Å². The summed E-state index contributed by atoms with van der Waals surface area (Å²) in [5.41, 5.74) is -0.497. The molecule has 0 radical (unpaired) electrons. The molecule has 1 heterocycles. The highest BCUT2D eigenvalue weighted by Crippen LogP contribution is 2.31. The minimum atomic E-state index is -1.00. The van der Waals surface area contributed by atoms with Crippen molar-refractivity contribution in [3.8, 4) is 11.3 Å². The fourth-order valence-corrected chi connectivity index (χ4v) is 3.40. The Balaban J connectivity index is 2.95. The zero-order chi connectivity index (χ0) is 18.7. The van der Waals surface area contributed by atoms with E-state index in [0.29, 0.717) is 17.1 Å². The Kier molecular flexibility index (Phi) is 6.65. The van der Waals surface area contributed by atoms with Crippen LogP contribution in [0.1, 0.15) is 29.9 Å². The predicted octanol–water partition coefficient (Wildman–Crippen LogP) is 5.05. The summed E-state index contributed by atoms with van der Waals surface area (Å²) in [6.07, 6.45) is 0. The van der Waals surface area contributed by atoms with E-state index >= 15 is 0 Å². The Morgan fingerprint density at radius 2 is 1.96 bits per heavy atom. The number of rotatable bonds is 5. The monoisotopic (exact) mass is 449 g/mol. The lowest BCUT2D eigenvalue weighted by Crippen LogP contribution is -2.28. The number of pyridine rings is 1. The van der Waals surface area contributed by atoms with Crippen LogP contribution >= 0.6 is 39.1 Å². The molecule has 2 rings (SSSR count). The quantitative estimate of drug-likeness (QED) is 0.472. The van der Waals surface area contributed by atoms with E-state index in [-0.39, 0.29) is 33.9 Å². The molecule has 0 aliphatic rings. The maximum absolute atomic E-state index is 14.5. The van der Waals surface area contributed by atoms with Crippen LogP contribution in [0.2, 0.25) is 10.0 Å². The number of benzene rings is 1. The molecule has 0 N–H and O–H groups in total. The van der Waals surface area contributed by atoms with Gasteiger partial charge in [-0.1, -0.05) is 45.2 Å². The van der Waals surface area contributed by atoms with Gasteiger partial charge in [0.2, 0.25) is 5.43 Å². The molecule has 0 fully saturated rings. The molecule has 0 amide bonds. The Bertz CT molecular complexity index is 883. The summed E-state index contributed by atoms with van der Waals surface area (Å²) in [4.78, 5) is 24.9. The summed E-state index contributed by atoms with van der Waals surface area (Å²) in [5.74, 6) is -1.86. The number of carbonyl (C=O) groups excluding carboxylic acids is 1. The lowest BCUT2D eigenvalue weighted by molar-refractivity contribution is 0.0524. The van der Waals surface area contributed by atoms with Crippen LogP contribution in [-0.4, -0.2) is 17.1 Å². The van der Waals surface area contributed by atoms with Crippen molar-refractivity contribution in [3.05, 3.63) is 55.5 Å². The van der Waals surface area contributed by atoms with Gasteiger partial charge in [-0.25, -0.2) is 9.18 Å². The summed E-state index contributed by atoms with van der Waals surface area (Å²) in [6.45, 7) is 3.79. The first-order valence-electron chi connectivity index (χ1n) is 7.50. The topological polar surface area (TPSA) is 48.3 Å². The van der Waals surface area contributed by atoms with Crippen LogP contribution in [-0.2, 0) is 16.6 Å². The van der Waals surface area contributed by atoms with Crippen LogP contribution in [0.15, 0.2) is 23.0 Å². The van der Waals surface area contributed by atoms with E-state index in [1.54, 1.807) is 30.5 Å². The molecule has 0 bridgehead atoms. The maximum atomic E-state index is 14.5. The molecule has 1 aromatic heterocycles. The highest BCUT2D eigenvalue weighted by Gasteiger charge is 2.27. The standard InChI is InChI=1S/C17H15BrCl2FNO3/c1-3-22-12(8-18)14(21)16(23)13(17(24)25-4-2)15(22)9-5-6-10(19)11(20)7-9/h5-7H,3-4,8H2,1-2H3. The minimum absolute atomic E-state index is 0.0625. The Morgan fingerprint density at radius 1 is 1.28 bits per heavy atom. The zero-order valence-corrected chi connectivity index (χ0v) is 16.6. The van der Waals surface area contributed by atoms with E-state index in [0.717, 1.165) is 0 Å². The van der Waals surface area contributed by atoms with Gasteiger partial charge in [-0.05, 0) is 26.0 Å². The first kappa shape index (κ1) is 19.9. The molecule has 0 saturated heterocycles. The van der Waals surface area contributed by atoms with E-state index in [4.69, 9.17) is 27.9 Å². The molecule has 25 heavy (non-hydrogen) atoms. The van der Waals surface area contributed by atoms with Gasteiger partial charge in [-0.2, -0.15) is 0 Å². The SMILES string of the molecule is CCOC(=O)c1c(-c2ccc(Cl)c(Cl)c2)n(CC)c(CBr)c(F)c1=O. The first-order chi connectivity index (χ1) is 11.9. The van der Waals surface area contributed by atoms with Gasteiger partial charge >= 0.3 is 5.97 Å². The van der Waals surface area contributed by atoms with E-state index in [2.05, 4.69) is 15.9 Å². The van der Waals surface area contributed by atoms with E-state index < -0.39 is 17.2 Å². The average molecular weight is 451 g/mol. The number of ether oxygens (including phenoxy) is 1. The van der Waals surface area contributed by atoms with E-state index in [1.165, 1.54) is 6.07 Å². The Morgan fingerprint density at radius 3 is 2.48 bits per heavy atom. The van der Waals surface area contributed by atoms with Crippen molar-refractivity contribution in [1.82, 2.24) is 4.57 Å². The summed E-state index contributed by atoms with van der Waals surface area (Å²) >= 11 is 15.2. The number of hydrogen-bond acceptors (Lipinski definition) is 3. The van der Waals surface area contributed by atoms with Crippen molar-refractivity contribution in [3.63, 3.8) is 0 Å². The van der Waals surface area contributed by atoms with Crippen LogP contribution in [0.25, 0.3) is 11.3 Å². The molecule has 4 nitrogen and oxygen atoms in total. The van der Waals surface area contributed by atoms with Crippen molar-refractivity contribution >= 4 is 45.1 Å². The number of alkyl halides is 1. The number of halogens is 4. The first-order valence-corrected chi connectivity index (χ1v) is 9.38. The minimum Gasteiger partial charge on any atom is -0.462 e. The third kappa shape index (κ3) is 3.76. The third-order valence-corrected chi connectivity index (χ3v) is 4.90. The second-order valence-electron chi connectivity index (χ2n) is 5.04. The molecular formula is C17H15BrCl2FNO3. The number of esters is 1. The molecular weight excluding hydrogens is 436 g/mol. The molecule has 0 saturated carbocycles. The third-order valence-electron chi connectivity index (χ3n) is 3.63. The average Bonchev–Trinajstić information content (AvgIpc) is 2.59. The molecule has 1 aromatic carbocycles. The molecule has 0 unspecified atom stereocenters. The summed E-state index contributed by atoms with van der Waals surface area (Å²) in [6, 6.07) is 4.70. The lowest BCUT2D eigenvalue weighted by atomic mass is 10.0. The van der Waals surface area contributed by atoms with Gasteiger partial charge in [0.1, 0.15) is 5.56 Å². The molecule has 2 aromatic rings. The molecule has 0 aliphatic carbocycles. The number of nitrogens with zero attached hydrogens (tertiary/aromatic N) is 1. The van der Waals surface area contributed by atoms with Crippen LogP contribution < -0.4 is 5.43 Å². The largest absolute Gasteiger partial charge is 0.462 e. The van der Waals surface area contributed by atoms with Crippen LogP contribution in [0.3, 0.4) is 0 Å². The number of hydrogen-bond donors (Lipinski definition) is 0. The Labute approximate surface area is 162 Å². The van der Waals surface area contributed by atoms with Crippen molar-refractivity contribution in [2.24, 2.45) is 0 Å². The molecule has 8 heteroatoms. The van der Waals surface area contributed by atoms with Gasteiger partial charge in [0.15, 0.2) is 5.82 Å². The molecule has 0 atom stereocenters. The van der Waals surface area contributed by atoms with Gasteiger partial charge < -0.3 is 9.30 Å². The normalized spacial score (nSPS) is 10.8. The van der Waals surface area contributed by atoms with Gasteiger partial charge in [-0.15, -0.1) is 0 Å². The van der Waals surface area contributed by atoms with Gasteiger partial charge in [-0.3, -0.25) is 4.79 Å². The van der Waals surface area contributed by atoms with Crippen LogP contribution in [0, 0.1) is 5.82 Å². The van der Waals surface area contributed by atoms with E-state index in [1.807, 2.05) is 0 Å². The smallest absolute Gasteiger partial charge is 0.344 e. The van der Waals surface area contributed by atoms with Gasteiger partial charge in [0.25, 0.3) is 0 Å². The molecule has 134 valence electrons. The summed E-state index contributed by atoms with van der Waals surface area (Å²) in [7, 11) is 0. The Hall–Kier alpha value is -1.37. The van der Waals surface area contributed by atoms with Gasteiger partial charge in [0, 0.05) is 17.4 Å². The fraction of sp³-hybridized carbons (Fsp3) is 0.294. The summed E-state index contributed by atoms with van der Waals surface area (Å²) in [5, 5.41) is 0.699.